The summed E-state index contributed by atoms with van der Waals surface area (Å²) >= 11 is 0. The Balaban J connectivity index is 1.81. The lowest BCUT2D eigenvalue weighted by Gasteiger charge is -2.31. The van der Waals surface area contributed by atoms with Crippen molar-refractivity contribution in [3.05, 3.63) is 12.4 Å². The highest BCUT2D eigenvalue weighted by atomic mass is 16.1. The molecular formula is C11H18N6O. The van der Waals surface area contributed by atoms with Crippen molar-refractivity contribution in [2.45, 2.75) is 18.9 Å². The quantitative estimate of drug-likeness (QED) is 0.659. The number of rotatable bonds is 4. The molecule has 5 N–H and O–H groups in total. The van der Waals surface area contributed by atoms with Crippen LogP contribution in [-0.2, 0) is 4.79 Å². The highest BCUT2D eigenvalue weighted by Gasteiger charge is 2.20. The zero-order valence-electron chi connectivity index (χ0n) is 10.2. The van der Waals surface area contributed by atoms with E-state index in [1.807, 2.05) is 0 Å². The fraction of sp³-hybridized carbons (Fsp3) is 0.545. The molecule has 0 radical (unpaired) electrons. The van der Waals surface area contributed by atoms with Crippen LogP contribution in [0.5, 0.6) is 0 Å². The van der Waals surface area contributed by atoms with Crippen molar-refractivity contribution in [3.63, 3.8) is 0 Å². The number of carbonyl (C=O) groups is 1. The SMILES string of the molecule is NC(=O)CN1CCC(Nc2cc(N)ncn2)CC1. The number of primary amides is 1. The van der Waals surface area contributed by atoms with Gasteiger partial charge in [-0.2, -0.15) is 0 Å². The number of nitrogen functional groups attached to an aromatic ring is 1. The van der Waals surface area contributed by atoms with E-state index >= 15 is 0 Å². The Morgan fingerprint density at radius 3 is 2.78 bits per heavy atom. The zero-order chi connectivity index (χ0) is 13.0. The Labute approximate surface area is 106 Å². The van der Waals surface area contributed by atoms with Gasteiger partial charge in [-0.05, 0) is 12.8 Å². The molecule has 1 aromatic heterocycles. The molecule has 0 aliphatic carbocycles. The second kappa shape index (κ2) is 5.63. The van der Waals surface area contributed by atoms with Crippen LogP contribution in [0.25, 0.3) is 0 Å². The molecule has 0 atom stereocenters. The molecule has 98 valence electrons. The van der Waals surface area contributed by atoms with Crippen LogP contribution in [0.3, 0.4) is 0 Å². The number of anilines is 2. The second-order valence-electron chi connectivity index (χ2n) is 4.49. The Bertz CT molecular complexity index is 416. The first-order chi connectivity index (χ1) is 8.63. The highest BCUT2D eigenvalue weighted by Crippen LogP contribution is 2.15. The third-order valence-electron chi connectivity index (χ3n) is 3.01. The average Bonchev–Trinajstić information content (AvgIpc) is 2.31. The fourth-order valence-electron chi connectivity index (χ4n) is 2.12. The Morgan fingerprint density at radius 2 is 2.17 bits per heavy atom. The molecule has 1 saturated heterocycles. The van der Waals surface area contributed by atoms with Crippen molar-refractivity contribution in [2.24, 2.45) is 5.73 Å². The van der Waals surface area contributed by atoms with Crippen LogP contribution < -0.4 is 16.8 Å². The van der Waals surface area contributed by atoms with Crippen LogP contribution in [0.1, 0.15) is 12.8 Å². The Morgan fingerprint density at radius 1 is 1.44 bits per heavy atom. The molecule has 0 aromatic carbocycles. The van der Waals surface area contributed by atoms with Crippen molar-refractivity contribution < 1.29 is 4.79 Å². The number of nitrogens with one attached hydrogen (secondary N) is 1. The van der Waals surface area contributed by atoms with E-state index < -0.39 is 0 Å². The van der Waals surface area contributed by atoms with Gasteiger partial charge in [0.05, 0.1) is 6.54 Å². The van der Waals surface area contributed by atoms with E-state index in [0.29, 0.717) is 18.4 Å². The van der Waals surface area contributed by atoms with E-state index in [4.69, 9.17) is 11.5 Å². The molecule has 0 spiro atoms. The number of hydrogen-bond donors (Lipinski definition) is 3. The first-order valence-corrected chi connectivity index (χ1v) is 5.98. The second-order valence-corrected chi connectivity index (χ2v) is 4.49. The Kier molecular flexibility index (Phi) is 3.93. The van der Waals surface area contributed by atoms with Crippen molar-refractivity contribution >= 4 is 17.5 Å². The van der Waals surface area contributed by atoms with Gasteiger partial charge in [-0.1, -0.05) is 0 Å². The number of amides is 1. The third kappa shape index (κ3) is 3.56. The summed E-state index contributed by atoms with van der Waals surface area (Å²) in [6.45, 7) is 2.06. The lowest BCUT2D eigenvalue weighted by Crippen LogP contribution is -2.43. The molecule has 1 amide bonds. The summed E-state index contributed by atoms with van der Waals surface area (Å²) in [7, 11) is 0. The summed E-state index contributed by atoms with van der Waals surface area (Å²) < 4.78 is 0. The molecule has 2 heterocycles. The summed E-state index contributed by atoms with van der Waals surface area (Å²) in [5, 5.41) is 3.32. The van der Waals surface area contributed by atoms with E-state index in [1.54, 1.807) is 6.07 Å². The van der Waals surface area contributed by atoms with Crippen LogP contribution >= 0.6 is 0 Å². The van der Waals surface area contributed by atoms with Crippen molar-refractivity contribution in [1.29, 1.82) is 0 Å². The first kappa shape index (κ1) is 12.6. The molecule has 2 rings (SSSR count). The van der Waals surface area contributed by atoms with E-state index in [0.717, 1.165) is 31.7 Å². The minimum absolute atomic E-state index is 0.273. The van der Waals surface area contributed by atoms with Gasteiger partial charge in [0.1, 0.15) is 18.0 Å². The number of aromatic nitrogens is 2. The molecule has 7 heteroatoms. The molecule has 0 unspecified atom stereocenters. The van der Waals surface area contributed by atoms with Gasteiger partial charge in [-0.25, -0.2) is 9.97 Å². The summed E-state index contributed by atoms with van der Waals surface area (Å²) in [4.78, 5) is 20.8. The Hall–Kier alpha value is -1.89. The summed E-state index contributed by atoms with van der Waals surface area (Å²) in [5.74, 6) is 0.930. The number of carbonyl (C=O) groups excluding carboxylic acids is 1. The van der Waals surface area contributed by atoms with Crippen LogP contribution in [0.15, 0.2) is 12.4 Å². The maximum atomic E-state index is 10.8. The zero-order valence-corrected chi connectivity index (χ0v) is 10.2. The van der Waals surface area contributed by atoms with E-state index in [2.05, 4.69) is 20.2 Å². The van der Waals surface area contributed by atoms with Gasteiger partial charge in [0.15, 0.2) is 0 Å². The van der Waals surface area contributed by atoms with E-state index in [-0.39, 0.29) is 5.91 Å². The molecule has 18 heavy (non-hydrogen) atoms. The van der Waals surface area contributed by atoms with Gasteiger partial charge in [0.2, 0.25) is 5.91 Å². The van der Waals surface area contributed by atoms with Crippen molar-refractivity contribution in [2.75, 3.05) is 30.7 Å². The van der Waals surface area contributed by atoms with Crippen molar-refractivity contribution in [1.82, 2.24) is 14.9 Å². The largest absolute Gasteiger partial charge is 0.384 e. The number of nitrogens with two attached hydrogens (primary N) is 2. The smallest absolute Gasteiger partial charge is 0.231 e. The summed E-state index contributed by atoms with van der Waals surface area (Å²) in [5.41, 5.74) is 10.8. The predicted molar refractivity (Wildman–Crippen MR) is 68.7 cm³/mol. The number of piperidine rings is 1. The van der Waals surface area contributed by atoms with E-state index in [9.17, 15) is 4.79 Å². The van der Waals surface area contributed by atoms with Crippen LogP contribution in [0, 0.1) is 0 Å². The van der Waals surface area contributed by atoms with Gasteiger partial charge in [-0.15, -0.1) is 0 Å². The van der Waals surface area contributed by atoms with Crippen LogP contribution in [0.2, 0.25) is 0 Å². The number of nitrogens with zero attached hydrogens (tertiary/aromatic N) is 3. The topological polar surface area (TPSA) is 110 Å². The summed E-state index contributed by atoms with van der Waals surface area (Å²) in [6, 6.07) is 2.07. The van der Waals surface area contributed by atoms with Gasteiger partial charge < -0.3 is 16.8 Å². The van der Waals surface area contributed by atoms with Gasteiger partial charge in [0, 0.05) is 25.2 Å². The average molecular weight is 250 g/mol. The lowest BCUT2D eigenvalue weighted by atomic mass is 10.1. The lowest BCUT2D eigenvalue weighted by molar-refractivity contribution is -0.119. The molecule has 0 saturated carbocycles. The minimum Gasteiger partial charge on any atom is -0.384 e. The molecule has 0 bridgehead atoms. The molecule has 7 nitrogen and oxygen atoms in total. The molecular weight excluding hydrogens is 232 g/mol. The highest BCUT2D eigenvalue weighted by molar-refractivity contribution is 5.75. The predicted octanol–water partition coefficient (Wildman–Crippen LogP) is -0.580. The number of hydrogen-bond acceptors (Lipinski definition) is 6. The molecule has 1 aromatic rings. The van der Waals surface area contributed by atoms with E-state index in [1.165, 1.54) is 6.33 Å². The first-order valence-electron chi connectivity index (χ1n) is 5.98. The fourth-order valence-corrected chi connectivity index (χ4v) is 2.12. The minimum atomic E-state index is -0.273. The standard InChI is InChI=1S/C11H18N6O/c12-9-5-11(15-7-14-9)16-8-1-3-17(4-2-8)6-10(13)18/h5,7-8H,1-4,6H2,(H2,13,18)(H3,12,14,15,16). The number of likely N-dealkylation sites (tertiary alicyclic amines) is 1. The van der Waals surface area contributed by atoms with Gasteiger partial charge >= 0.3 is 0 Å². The van der Waals surface area contributed by atoms with Crippen molar-refractivity contribution in [3.8, 4) is 0 Å². The monoisotopic (exact) mass is 250 g/mol. The normalized spacial score (nSPS) is 17.6. The van der Waals surface area contributed by atoms with Crippen LogP contribution in [0.4, 0.5) is 11.6 Å². The van der Waals surface area contributed by atoms with Crippen LogP contribution in [-0.4, -0.2) is 46.5 Å². The molecule has 1 aliphatic rings. The van der Waals surface area contributed by atoms with Gasteiger partial charge in [0.25, 0.3) is 0 Å². The molecule has 1 aliphatic heterocycles. The maximum Gasteiger partial charge on any atom is 0.231 e. The maximum absolute atomic E-state index is 10.8. The molecule has 1 fully saturated rings. The summed E-state index contributed by atoms with van der Waals surface area (Å²) in [6.07, 6.45) is 3.36. The third-order valence-corrected chi connectivity index (χ3v) is 3.01. The van der Waals surface area contributed by atoms with Gasteiger partial charge in [-0.3, -0.25) is 9.69 Å².